The highest BCUT2D eigenvalue weighted by atomic mass is 16.1. The molecule has 2 rings (SSSR count). The van der Waals surface area contributed by atoms with Gasteiger partial charge in [0.1, 0.15) is 5.69 Å². The first kappa shape index (κ1) is 17.1. The second-order valence-corrected chi connectivity index (χ2v) is 6.72. The van der Waals surface area contributed by atoms with Crippen molar-refractivity contribution >= 4 is 11.7 Å². The fourth-order valence-corrected chi connectivity index (χ4v) is 2.84. The molecule has 0 saturated carbocycles. The van der Waals surface area contributed by atoms with Crippen LogP contribution in [0.2, 0.25) is 0 Å². The third-order valence-corrected chi connectivity index (χ3v) is 4.23. The van der Waals surface area contributed by atoms with Gasteiger partial charge in [-0.05, 0) is 57.1 Å². The SMILES string of the molecule is CC(C=CC1=C(C)CCCC1(C)C)=NNc1nnc(C)c(=O)[nH]1. The zero-order valence-electron chi connectivity index (χ0n) is 14.5. The van der Waals surface area contributed by atoms with Crippen LogP contribution in [-0.2, 0) is 0 Å². The van der Waals surface area contributed by atoms with E-state index in [1.165, 1.54) is 24.0 Å². The third kappa shape index (κ3) is 4.37. The number of nitrogens with zero attached hydrogens (tertiary/aromatic N) is 3. The molecule has 1 aromatic rings. The van der Waals surface area contributed by atoms with E-state index in [0.717, 1.165) is 12.1 Å². The van der Waals surface area contributed by atoms with Gasteiger partial charge in [-0.3, -0.25) is 9.78 Å². The highest BCUT2D eigenvalue weighted by molar-refractivity contribution is 5.93. The van der Waals surface area contributed by atoms with Crippen molar-refractivity contribution < 1.29 is 0 Å². The quantitative estimate of drug-likeness (QED) is 0.659. The first-order valence-corrected chi connectivity index (χ1v) is 7.92. The van der Waals surface area contributed by atoms with E-state index < -0.39 is 0 Å². The molecular weight excluding hydrogens is 290 g/mol. The van der Waals surface area contributed by atoms with E-state index in [9.17, 15) is 4.79 Å². The molecular formula is C17H25N5O. The fraction of sp³-hybridized carbons (Fsp3) is 0.529. The van der Waals surface area contributed by atoms with Gasteiger partial charge in [-0.25, -0.2) is 5.43 Å². The van der Waals surface area contributed by atoms with Crippen LogP contribution in [-0.4, -0.2) is 20.9 Å². The zero-order chi connectivity index (χ0) is 17.0. The molecule has 6 nitrogen and oxygen atoms in total. The van der Waals surface area contributed by atoms with Crippen LogP contribution >= 0.6 is 0 Å². The standard InChI is InChI=1S/C17H25N5O/c1-11-7-6-10-17(4,5)14(11)9-8-12(2)19-21-16-18-15(23)13(3)20-22-16/h8-9H,6-7,10H2,1-5H3,(H2,18,21,22,23). The Hall–Kier alpha value is -2.24. The van der Waals surface area contributed by atoms with Gasteiger partial charge >= 0.3 is 0 Å². The summed E-state index contributed by atoms with van der Waals surface area (Å²) in [6, 6.07) is 0. The highest BCUT2D eigenvalue weighted by Gasteiger charge is 2.26. The van der Waals surface area contributed by atoms with Gasteiger partial charge in [0, 0.05) is 0 Å². The van der Waals surface area contributed by atoms with Gasteiger partial charge < -0.3 is 0 Å². The molecule has 0 aliphatic heterocycles. The number of H-pyrrole nitrogens is 1. The van der Waals surface area contributed by atoms with E-state index in [2.05, 4.69) is 52.6 Å². The average Bonchev–Trinajstić information content (AvgIpc) is 2.47. The summed E-state index contributed by atoms with van der Waals surface area (Å²) in [5, 5.41) is 11.8. The Bertz CT molecular complexity index is 725. The van der Waals surface area contributed by atoms with Crippen molar-refractivity contribution in [3.05, 3.63) is 39.3 Å². The van der Waals surface area contributed by atoms with E-state index in [4.69, 9.17) is 0 Å². The lowest BCUT2D eigenvalue weighted by molar-refractivity contribution is 0.377. The monoisotopic (exact) mass is 315 g/mol. The Morgan fingerprint density at radius 3 is 2.74 bits per heavy atom. The number of aryl methyl sites for hydroxylation is 1. The number of hydrazone groups is 1. The lowest BCUT2D eigenvalue weighted by atomic mass is 9.72. The number of hydrogen-bond acceptors (Lipinski definition) is 5. The highest BCUT2D eigenvalue weighted by Crippen LogP contribution is 2.40. The van der Waals surface area contributed by atoms with Crippen LogP contribution in [0.15, 0.2) is 33.2 Å². The Morgan fingerprint density at radius 1 is 1.35 bits per heavy atom. The molecule has 0 fully saturated rings. The summed E-state index contributed by atoms with van der Waals surface area (Å²) in [5.41, 5.74) is 6.64. The maximum absolute atomic E-state index is 11.5. The van der Waals surface area contributed by atoms with Crippen LogP contribution in [0.25, 0.3) is 0 Å². The Labute approximate surface area is 136 Å². The topological polar surface area (TPSA) is 83.0 Å². The van der Waals surface area contributed by atoms with Crippen LogP contribution in [0.5, 0.6) is 0 Å². The van der Waals surface area contributed by atoms with Crippen molar-refractivity contribution in [2.45, 2.75) is 53.9 Å². The fourth-order valence-electron chi connectivity index (χ4n) is 2.84. The van der Waals surface area contributed by atoms with Gasteiger partial charge in [0.25, 0.3) is 5.56 Å². The van der Waals surface area contributed by atoms with E-state index in [0.29, 0.717) is 5.69 Å². The first-order valence-electron chi connectivity index (χ1n) is 7.92. The molecule has 2 N–H and O–H groups in total. The minimum absolute atomic E-state index is 0.209. The molecule has 124 valence electrons. The summed E-state index contributed by atoms with van der Waals surface area (Å²) < 4.78 is 0. The third-order valence-electron chi connectivity index (χ3n) is 4.23. The van der Waals surface area contributed by atoms with Crippen LogP contribution in [0.3, 0.4) is 0 Å². The van der Waals surface area contributed by atoms with Crippen molar-refractivity contribution in [2.75, 3.05) is 5.43 Å². The summed E-state index contributed by atoms with van der Waals surface area (Å²) in [6.07, 6.45) is 7.76. The number of allylic oxidation sites excluding steroid dienone is 4. The van der Waals surface area contributed by atoms with Crippen LogP contribution in [0.1, 0.15) is 52.7 Å². The number of hydrogen-bond donors (Lipinski definition) is 2. The minimum atomic E-state index is -0.268. The van der Waals surface area contributed by atoms with E-state index in [1.54, 1.807) is 6.92 Å². The molecule has 0 aromatic carbocycles. The number of nitrogens with one attached hydrogen (secondary N) is 2. The molecule has 0 saturated heterocycles. The summed E-state index contributed by atoms with van der Waals surface area (Å²) in [5.74, 6) is 0.238. The molecule has 6 heteroatoms. The Kier molecular flexibility index (Phi) is 5.13. The van der Waals surface area contributed by atoms with Gasteiger partial charge in [0.15, 0.2) is 0 Å². The molecule has 1 aromatic heterocycles. The van der Waals surface area contributed by atoms with Crippen LogP contribution in [0, 0.1) is 12.3 Å². The maximum Gasteiger partial charge on any atom is 0.274 e. The van der Waals surface area contributed by atoms with Crippen molar-refractivity contribution in [1.82, 2.24) is 15.2 Å². The second-order valence-electron chi connectivity index (χ2n) is 6.72. The Balaban J connectivity index is 2.10. The minimum Gasteiger partial charge on any atom is -0.288 e. The van der Waals surface area contributed by atoms with Crippen molar-refractivity contribution in [1.29, 1.82) is 0 Å². The molecule has 23 heavy (non-hydrogen) atoms. The first-order chi connectivity index (χ1) is 10.8. The average molecular weight is 315 g/mol. The van der Waals surface area contributed by atoms with Gasteiger partial charge in [0.2, 0.25) is 5.95 Å². The van der Waals surface area contributed by atoms with E-state index in [1.807, 2.05) is 13.0 Å². The molecule has 0 amide bonds. The van der Waals surface area contributed by atoms with Crippen molar-refractivity contribution in [3.63, 3.8) is 0 Å². The molecule has 1 heterocycles. The number of aromatic nitrogens is 3. The van der Waals surface area contributed by atoms with Crippen LogP contribution in [0.4, 0.5) is 5.95 Å². The molecule has 1 aliphatic rings. The molecule has 0 radical (unpaired) electrons. The van der Waals surface area contributed by atoms with E-state index >= 15 is 0 Å². The Morgan fingerprint density at radius 2 is 2.09 bits per heavy atom. The zero-order valence-corrected chi connectivity index (χ0v) is 14.5. The van der Waals surface area contributed by atoms with Gasteiger partial charge in [0.05, 0.1) is 5.71 Å². The number of anilines is 1. The summed E-state index contributed by atoms with van der Waals surface area (Å²) in [7, 11) is 0. The van der Waals surface area contributed by atoms with Gasteiger partial charge in [-0.2, -0.15) is 5.10 Å². The lowest BCUT2D eigenvalue weighted by Crippen LogP contribution is -2.19. The molecule has 0 spiro atoms. The largest absolute Gasteiger partial charge is 0.288 e. The van der Waals surface area contributed by atoms with Crippen LogP contribution < -0.4 is 11.0 Å². The molecule has 0 unspecified atom stereocenters. The van der Waals surface area contributed by atoms with Gasteiger partial charge in [-0.15, -0.1) is 10.2 Å². The van der Waals surface area contributed by atoms with Gasteiger partial charge in [-0.1, -0.05) is 25.5 Å². The predicted octanol–water partition coefficient (Wildman–Crippen LogP) is 3.34. The lowest BCUT2D eigenvalue weighted by Gasteiger charge is -2.32. The normalized spacial score (nSPS) is 18.6. The molecule has 1 aliphatic carbocycles. The number of rotatable bonds is 4. The summed E-state index contributed by atoms with van der Waals surface area (Å²) in [6.45, 7) is 10.3. The maximum atomic E-state index is 11.5. The molecule has 0 bridgehead atoms. The van der Waals surface area contributed by atoms with Crippen molar-refractivity contribution in [2.24, 2.45) is 10.5 Å². The second kappa shape index (κ2) is 6.89. The summed E-state index contributed by atoms with van der Waals surface area (Å²) in [4.78, 5) is 14.0. The smallest absolute Gasteiger partial charge is 0.274 e. The summed E-state index contributed by atoms with van der Waals surface area (Å²) >= 11 is 0. The van der Waals surface area contributed by atoms with Crippen molar-refractivity contribution in [3.8, 4) is 0 Å². The van der Waals surface area contributed by atoms with E-state index in [-0.39, 0.29) is 16.9 Å². The number of aromatic amines is 1. The molecule has 0 atom stereocenters. The predicted molar refractivity (Wildman–Crippen MR) is 93.6 cm³/mol.